The van der Waals surface area contributed by atoms with Crippen LogP contribution in [0.1, 0.15) is 57.8 Å². The zero-order valence-corrected chi connectivity index (χ0v) is 27.2. The molecule has 0 radical (unpaired) electrons. The van der Waals surface area contributed by atoms with E-state index in [4.69, 9.17) is 21.1 Å². The third kappa shape index (κ3) is 8.85. The molecular formula is C30H46ClN5O4S. The van der Waals surface area contributed by atoms with Crippen molar-refractivity contribution in [1.29, 1.82) is 0 Å². The third-order valence-corrected chi connectivity index (χ3v) is 9.16. The van der Waals surface area contributed by atoms with E-state index in [1.807, 2.05) is 45.4 Å². The summed E-state index contributed by atoms with van der Waals surface area (Å²) in [6.07, 6.45) is 10.5. The molecule has 2 N–H and O–H groups in total. The highest BCUT2D eigenvalue weighted by Crippen LogP contribution is 2.51. The molecule has 2 aliphatic rings. The summed E-state index contributed by atoms with van der Waals surface area (Å²) in [5, 5.41) is 10.7. The van der Waals surface area contributed by atoms with E-state index in [9.17, 15) is 9.59 Å². The molecule has 0 bridgehead atoms. The van der Waals surface area contributed by atoms with Crippen LogP contribution in [0.3, 0.4) is 0 Å². The number of nitrogens with one attached hydrogen (secondary N) is 2. The molecule has 228 valence electrons. The summed E-state index contributed by atoms with van der Waals surface area (Å²) < 4.78 is 13.2. The molecule has 9 nitrogen and oxygen atoms in total. The number of aryl methyl sites for hydroxylation is 1. The van der Waals surface area contributed by atoms with Gasteiger partial charge in [-0.3, -0.25) is 4.79 Å². The Morgan fingerprint density at radius 1 is 1.12 bits per heavy atom. The first-order valence-electron chi connectivity index (χ1n) is 14.4. The van der Waals surface area contributed by atoms with Crippen molar-refractivity contribution in [2.75, 3.05) is 36.4 Å². The number of pyridine rings is 1. The summed E-state index contributed by atoms with van der Waals surface area (Å²) in [4.78, 5) is 30.8. The van der Waals surface area contributed by atoms with Gasteiger partial charge in [0, 0.05) is 22.6 Å². The van der Waals surface area contributed by atoms with Crippen LogP contribution in [0, 0.1) is 31.6 Å². The van der Waals surface area contributed by atoms with Crippen LogP contribution in [0.15, 0.2) is 12.1 Å². The van der Waals surface area contributed by atoms with Crippen LogP contribution >= 0.6 is 21.6 Å². The van der Waals surface area contributed by atoms with Crippen LogP contribution in [0.5, 0.6) is 0 Å². The average Bonchev–Trinajstić information content (AvgIpc) is 3.76. The Balaban J connectivity index is 1.48. The number of amides is 2. The molecule has 0 aromatic carbocycles. The second kappa shape index (κ2) is 12.5. The number of ether oxygens (including phenoxy) is 2. The molecule has 2 fully saturated rings. The normalized spacial score (nSPS) is 16.9. The number of carbonyl (C=O) groups is 2. The molecule has 2 aromatic heterocycles. The molecule has 2 saturated carbocycles. The van der Waals surface area contributed by atoms with Crippen molar-refractivity contribution >= 4 is 39.4 Å². The van der Waals surface area contributed by atoms with E-state index in [0.717, 1.165) is 54.0 Å². The Morgan fingerprint density at radius 3 is 2.29 bits per heavy atom. The molecule has 2 aliphatic carbocycles. The number of anilines is 1. The summed E-state index contributed by atoms with van der Waals surface area (Å²) in [5.74, 6) is 2.03. The molecule has 2 heterocycles. The van der Waals surface area contributed by atoms with Crippen molar-refractivity contribution in [3.8, 4) is 11.1 Å². The maximum absolute atomic E-state index is 13.6. The Labute approximate surface area is 250 Å². The van der Waals surface area contributed by atoms with Gasteiger partial charge in [0.2, 0.25) is 5.91 Å². The predicted molar refractivity (Wildman–Crippen MR) is 167 cm³/mol. The summed E-state index contributed by atoms with van der Waals surface area (Å²) in [6.45, 7) is 10.4. The SMILES string of the molecule is Cc1nn(COCCS(C)(C)C)c(C)c1-c1ccc(NC(=O)[C@@H](NC(=O)OC(C)(C)C)C(C2CC2)C2CC2)nc1Cl. The van der Waals surface area contributed by atoms with Crippen molar-refractivity contribution in [1.82, 2.24) is 20.1 Å². The van der Waals surface area contributed by atoms with Crippen LogP contribution < -0.4 is 10.6 Å². The largest absolute Gasteiger partial charge is 0.444 e. The van der Waals surface area contributed by atoms with E-state index < -0.39 is 27.8 Å². The topological polar surface area (TPSA) is 107 Å². The van der Waals surface area contributed by atoms with Gasteiger partial charge >= 0.3 is 6.09 Å². The van der Waals surface area contributed by atoms with E-state index in [1.165, 1.54) is 0 Å². The lowest BCUT2D eigenvalue weighted by Crippen LogP contribution is -2.51. The fraction of sp³-hybridized carbons (Fsp3) is 0.667. The molecule has 41 heavy (non-hydrogen) atoms. The molecule has 4 rings (SSSR count). The number of alkyl carbamates (subject to hydrolysis) is 1. The van der Waals surface area contributed by atoms with Gasteiger partial charge in [0.1, 0.15) is 29.3 Å². The Bertz CT molecular complexity index is 1250. The minimum absolute atomic E-state index is 0.0837. The van der Waals surface area contributed by atoms with Crippen molar-refractivity contribution in [3.63, 3.8) is 0 Å². The summed E-state index contributed by atoms with van der Waals surface area (Å²) >= 11 is 6.68. The maximum Gasteiger partial charge on any atom is 0.408 e. The number of rotatable bonds is 12. The minimum atomic E-state index is -0.701. The van der Waals surface area contributed by atoms with Crippen LogP contribution in [0.25, 0.3) is 11.1 Å². The second-order valence-electron chi connectivity index (χ2n) is 13.3. The van der Waals surface area contributed by atoms with Crippen LogP contribution in [-0.4, -0.2) is 69.5 Å². The van der Waals surface area contributed by atoms with Gasteiger partial charge < -0.3 is 20.1 Å². The standard InChI is InChI=1S/C30H46ClN5O4S/c1-18-24(19(2)36(35-18)17-39-15-16-41(6,7)8)22-13-14-23(32-27(22)31)33-28(37)26(34-29(38)40-30(3,4)5)25(20-9-10-20)21-11-12-21/h13-14,20-21,25-26H,9-12,15-17H2,1-8H3,(H,34,38)(H,32,33,37)/t26-/m0/s1. The van der Waals surface area contributed by atoms with Gasteiger partial charge in [-0.25, -0.2) is 24.5 Å². The highest BCUT2D eigenvalue weighted by atomic mass is 35.5. The Kier molecular flexibility index (Phi) is 9.65. The van der Waals surface area contributed by atoms with Gasteiger partial charge in [0.25, 0.3) is 0 Å². The van der Waals surface area contributed by atoms with E-state index in [2.05, 4.69) is 39.5 Å². The number of hydrogen-bond donors (Lipinski definition) is 2. The Hall–Kier alpha value is -2.30. The van der Waals surface area contributed by atoms with Gasteiger partial charge in [0.15, 0.2) is 0 Å². The van der Waals surface area contributed by atoms with E-state index in [0.29, 0.717) is 31.0 Å². The number of carbonyl (C=O) groups excluding carboxylic acids is 2. The smallest absolute Gasteiger partial charge is 0.408 e. The summed E-state index contributed by atoms with van der Waals surface area (Å²) in [6, 6.07) is 2.89. The average molecular weight is 608 g/mol. The van der Waals surface area contributed by atoms with E-state index >= 15 is 0 Å². The van der Waals surface area contributed by atoms with Gasteiger partial charge in [-0.1, -0.05) is 11.6 Å². The zero-order valence-electron chi connectivity index (χ0n) is 25.7. The molecule has 2 aromatic rings. The van der Waals surface area contributed by atoms with Crippen LogP contribution in [-0.2, 0) is 21.0 Å². The molecule has 1 atom stereocenters. The molecule has 0 unspecified atom stereocenters. The van der Waals surface area contributed by atoms with Crippen LogP contribution in [0.4, 0.5) is 10.6 Å². The van der Waals surface area contributed by atoms with E-state index in [-0.39, 0.29) is 17.0 Å². The third-order valence-electron chi connectivity index (χ3n) is 7.48. The lowest BCUT2D eigenvalue weighted by molar-refractivity contribution is -0.120. The molecule has 0 aliphatic heterocycles. The first-order valence-corrected chi connectivity index (χ1v) is 17.8. The quantitative estimate of drug-likeness (QED) is 0.221. The molecule has 0 spiro atoms. The number of hydrogen-bond acceptors (Lipinski definition) is 6. The monoisotopic (exact) mass is 607 g/mol. The molecule has 2 amide bonds. The second-order valence-corrected chi connectivity index (χ2v) is 18.2. The number of aromatic nitrogens is 3. The van der Waals surface area contributed by atoms with Crippen LogP contribution in [0.2, 0.25) is 5.15 Å². The summed E-state index contributed by atoms with van der Waals surface area (Å²) in [7, 11) is -0.617. The first kappa shape index (κ1) is 31.6. The highest BCUT2D eigenvalue weighted by Gasteiger charge is 2.48. The van der Waals surface area contributed by atoms with E-state index in [1.54, 1.807) is 6.07 Å². The van der Waals surface area contributed by atoms with Crippen molar-refractivity contribution in [2.24, 2.45) is 17.8 Å². The predicted octanol–water partition coefficient (Wildman–Crippen LogP) is 6.15. The lowest BCUT2D eigenvalue weighted by atomic mass is 9.89. The first-order chi connectivity index (χ1) is 19.1. The zero-order chi connectivity index (χ0) is 30.1. The van der Waals surface area contributed by atoms with Crippen molar-refractivity contribution < 1.29 is 19.1 Å². The molecule has 0 saturated heterocycles. The molecular weight excluding hydrogens is 562 g/mol. The maximum atomic E-state index is 13.6. The number of nitrogens with zero attached hydrogens (tertiary/aromatic N) is 3. The van der Waals surface area contributed by atoms with Crippen molar-refractivity contribution in [2.45, 2.75) is 78.7 Å². The fourth-order valence-corrected chi connectivity index (χ4v) is 6.10. The summed E-state index contributed by atoms with van der Waals surface area (Å²) in [5.41, 5.74) is 2.74. The van der Waals surface area contributed by atoms with Gasteiger partial charge in [-0.05, 0) is 109 Å². The van der Waals surface area contributed by atoms with Gasteiger partial charge in [0.05, 0.1) is 12.3 Å². The van der Waals surface area contributed by atoms with Crippen molar-refractivity contribution in [3.05, 3.63) is 28.7 Å². The highest BCUT2D eigenvalue weighted by molar-refractivity contribution is 8.32. The number of halogens is 1. The van der Waals surface area contributed by atoms with Gasteiger partial charge in [-0.15, -0.1) is 0 Å². The minimum Gasteiger partial charge on any atom is -0.444 e. The Morgan fingerprint density at radius 2 is 1.76 bits per heavy atom. The van der Waals surface area contributed by atoms with Gasteiger partial charge in [-0.2, -0.15) is 5.10 Å². The fourth-order valence-electron chi connectivity index (χ4n) is 5.23. The lowest BCUT2D eigenvalue weighted by Gasteiger charge is -2.29. The molecule has 11 heteroatoms.